The van der Waals surface area contributed by atoms with Crippen LogP contribution in [0.3, 0.4) is 0 Å². The number of amides is 1. The van der Waals surface area contributed by atoms with Crippen LogP contribution in [0.1, 0.15) is 53.6 Å². The largest absolute Gasteiger partial charge is 0.479 e. The first-order chi connectivity index (χ1) is 18.7. The van der Waals surface area contributed by atoms with Crippen molar-refractivity contribution in [2.45, 2.75) is 39.8 Å². The second-order valence-corrected chi connectivity index (χ2v) is 10.1. The summed E-state index contributed by atoms with van der Waals surface area (Å²) in [5.41, 5.74) is 6.96. The fraction of sp³-hybridized carbons (Fsp3) is 0.357. The highest BCUT2D eigenvalue weighted by atomic mass is 35.5. The summed E-state index contributed by atoms with van der Waals surface area (Å²) in [6, 6.07) is 13.2. The number of aryl methyl sites for hydroxylation is 1. The Morgan fingerprint density at radius 3 is 2.50 bits per heavy atom. The van der Waals surface area contributed by atoms with Crippen LogP contribution in [0.15, 0.2) is 53.3 Å². The van der Waals surface area contributed by atoms with E-state index in [1.54, 1.807) is 24.0 Å². The van der Waals surface area contributed by atoms with Crippen molar-refractivity contribution in [1.82, 2.24) is 24.1 Å². The number of nitrogens with two attached hydrogens (primary N) is 1. The molecular formula is C28H33Cl2FN6O3. The first-order valence-corrected chi connectivity index (χ1v) is 13.1. The van der Waals surface area contributed by atoms with Crippen molar-refractivity contribution in [3.8, 4) is 5.88 Å². The van der Waals surface area contributed by atoms with Crippen molar-refractivity contribution in [2.75, 3.05) is 20.2 Å². The molecule has 0 fully saturated rings. The minimum Gasteiger partial charge on any atom is -0.479 e. The average molecular weight is 592 g/mol. The Hall–Kier alpha value is -3.47. The zero-order valence-electron chi connectivity index (χ0n) is 22.8. The van der Waals surface area contributed by atoms with Gasteiger partial charge in [0.25, 0.3) is 11.8 Å². The number of nitrogens with zero attached hydrogens (tertiary/aromatic N) is 5. The van der Waals surface area contributed by atoms with E-state index in [0.29, 0.717) is 24.4 Å². The summed E-state index contributed by atoms with van der Waals surface area (Å²) < 4.78 is 22.3. The Balaban J connectivity index is 0.00000441. The van der Waals surface area contributed by atoms with Gasteiger partial charge in [-0.2, -0.15) is 4.52 Å². The molecule has 214 valence electrons. The Labute approximate surface area is 243 Å². The zero-order chi connectivity index (χ0) is 28.3. The smallest absolute Gasteiger partial charge is 0.352 e. The van der Waals surface area contributed by atoms with Crippen LogP contribution in [0.2, 0.25) is 5.02 Å². The van der Waals surface area contributed by atoms with Crippen LogP contribution in [-0.2, 0) is 6.54 Å². The maximum absolute atomic E-state index is 14.5. The van der Waals surface area contributed by atoms with E-state index in [9.17, 15) is 14.0 Å². The maximum atomic E-state index is 14.5. The van der Waals surface area contributed by atoms with E-state index in [0.717, 1.165) is 10.1 Å². The highest BCUT2D eigenvalue weighted by Crippen LogP contribution is 2.32. The van der Waals surface area contributed by atoms with Gasteiger partial charge in [-0.05, 0) is 49.1 Å². The van der Waals surface area contributed by atoms with E-state index >= 15 is 0 Å². The highest BCUT2D eigenvalue weighted by molar-refractivity contribution is 6.34. The van der Waals surface area contributed by atoms with E-state index in [1.165, 1.54) is 17.7 Å². The predicted octanol–water partition coefficient (Wildman–Crippen LogP) is 4.66. The SMILES string of the molecule is COc1nn2c(=O)n(Cc3ccccc3)c([C@@H](C(C)C)N(CCCN)C(=O)c3ccc(C)c(F)c3)nc2c1Cl.Cl. The van der Waals surface area contributed by atoms with Gasteiger partial charge in [0, 0.05) is 12.1 Å². The topological polar surface area (TPSA) is 108 Å². The Morgan fingerprint density at radius 1 is 1.20 bits per heavy atom. The molecule has 2 aromatic heterocycles. The molecule has 0 aliphatic carbocycles. The number of ether oxygens (including phenoxy) is 1. The molecule has 2 aromatic carbocycles. The lowest BCUT2D eigenvalue weighted by molar-refractivity contribution is 0.0601. The van der Waals surface area contributed by atoms with Crippen LogP contribution in [0.5, 0.6) is 5.88 Å². The highest BCUT2D eigenvalue weighted by Gasteiger charge is 2.34. The molecule has 4 rings (SSSR count). The van der Waals surface area contributed by atoms with Crippen LogP contribution >= 0.6 is 24.0 Å². The predicted molar refractivity (Wildman–Crippen MR) is 155 cm³/mol. The second kappa shape index (κ2) is 13.3. The molecule has 0 saturated carbocycles. The average Bonchev–Trinajstić information content (AvgIpc) is 3.25. The van der Waals surface area contributed by atoms with E-state index in [4.69, 9.17) is 27.1 Å². The summed E-state index contributed by atoms with van der Waals surface area (Å²) in [6.45, 7) is 6.30. The first kappa shape index (κ1) is 31.1. The molecule has 4 aromatic rings. The van der Waals surface area contributed by atoms with Crippen LogP contribution in [0.25, 0.3) is 5.65 Å². The maximum Gasteiger partial charge on any atom is 0.352 e. The number of aromatic nitrogens is 4. The molecule has 0 bridgehead atoms. The molecule has 0 saturated heterocycles. The van der Waals surface area contributed by atoms with Gasteiger partial charge < -0.3 is 15.4 Å². The number of hydrogen-bond donors (Lipinski definition) is 1. The lowest BCUT2D eigenvalue weighted by Crippen LogP contribution is -2.43. The van der Waals surface area contributed by atoms with Crippen molar-refractivity contribution >= 4 is 35.6 Å². The fourth-order valence-electron chi connectivity index (χ4n) is 4.57. The third kappa shape index (κ3) is 6.14. The molecule has 0 spiro atoms. The van der Waals surface area contributed by atoms with Crippen molar-refractivity contribution in [1.29, 1.82) is 0 Å². The van der Waals surface area contributed by atoms with E-state index in [-0.39, 0.29) is 53.5 Å². The van der Waals surface area contributed by atoms with Gasteiger partial charge in [0.2, 0.25) is 0 Å². The lowest BCUT2D eigenvalue weighted by atomic mass is 9.99. The minimum atomic E-state index is -0.674. The number of halogens is 3. The molecule has 12 heteroatoms. The summed E-state index contributed by atoms with van der Waals surface area (Å²) in [7, 11) is 1.40. The van der Waals surface area contributed by atoms with Crippen LogP contribution in [0.4, 0.5) is 4.39 Å². The van der Waals surface area contributed by atoms with Crippen LogP contribution in [0, 0.1) is 18.7 Å². The molecule has 2 N–H and O–H groups in total. The number of methoxy groups -OCH3 is 1. The minimum absolute atomic E-state index is 0. The van der Waals surface area contributed by atoms with Crippen LogP contribution < -0.4 is 16.2 Å². The van der Waals surface area contributed by atoms with Gasteiger partial charge in [0.05, 0.1) is 19.7 Å². The number of hydrogen-bond acceptors (Lipinski definition) is 6. The lowest BCUT2D eigenvalue weighted by Gasteiger charge is -2.35. The van der Waals surface area contributed by atoms with E-state index in [1.807, 2.05) is 44.2 Å². The molecule has 0 aliphatic rings. The summed E-state index contributed by atoms with van der Waals surface area (Å²) in [5.74, 6) is -0.661. The zero-order valence-corrected chi connectivity index (χ0v) is 24.4. The van der Waals surface area contributed by atoms with Crippen molar-refractivity contribution in [3.63, 3.8) is 0 Å². The van der Waals surface area contributed by atoms with E-state index < -0.39 is 23.5 Å². The summed E-state index contributed by atoms with van der Waals surface area (Å²) >= 11 is 6.49. The molecule has 9 nitrogen and oxygen atoms in total. The van der Waals surface area contributed by atoms with Crippen molar-refractivity contribution in [3.05, 3.63) is 92.4 Å². The van der Waals surface area contributed by atoms with Crippen molar-refractivity contribution in [2.24, 2.45) is 11.7 Å². The second-order valence-electron chi connectivity index (χ2n) is 9.68. The van der Waals surface area contributed by atoms with Gasteiger partial charge in [0.15, 0.2) is 5.65 Å². The quantitative estimate of drug-likeness (QED) is 0.288. The number of rotatable bonds is 10. The normalized spacial score (nSPS) is 11.9. The van der Waals surface area contributed by atoms with Crippen molar-refractivity contribution < 1.29 is 13.9 Å². The standard InChI is InChI=1S/C28H32ClFN6O3.ClH/c1-17(2)23(34(14-8-13-31)27(37)20-12-11-18(3)21(30)15-20)25-32-24-22(29)26(39-4)33-36(24)28(38)35(25)16-19-9-6-5-7-10-19;/h5-7,9-12,15,17,23H,8,13-14,16,31H2,1-4H3;1H/t23-;/m1./s1. The van der Waals surface area contributed by atoms with E-state index in [2.05, 4.69) is 5.10 Å². The summed E-state index contributed by atoms with van der Waals surface area (Å²) in [6.07, 6.45) is 0.496. The number of benzene rings is 2. The number of carbonyl (C=O) groups excluding carboxylic acids is 1. The molecule has 1 atom stereocenters. The molecule has 0 radical (unpaired) electrons. The molecular weight excluding hydrogens is 558 g/mol. The molecule has 40 heavy (non-hydrogen) atoms. The molecule has 1 amide bonds. The summed E-state index contributed by atoms with van der Waals surface area (Å²) in [4.78, 5) is 34.2. The Bertz CT molecular complexity index is 1540. The molecule has 2 heterocycles. The Kier molecular flexibility index (Phi) is 10.3. The van der Waals surface area contributed by atoms with Gasteiger partial charge >= 0.3 is 5.69 Å². The third-order valence-electron chi connectivity index (χ3n) is 6.58. The molecule has 0 aliphatic heterocycles. The van der Waals surface area contributed by atoms with Gasteiger partial charge in [0.1, 0.15) is 16.7 Å². The van der Waals surface area contributed by atoms with Gasteiger partial charge in [-0.1, -0.05) is 61.8 Å². The Morgan fingerprint density at radius 2 is 1.90 bits per heavy atom. The van der Waals surface area contributed by atoms with Gasteiger partial charge in [-0.3, -0.25) is 9.36 Å². The number of fused-ring (bicyclic) bond motifs is 1. The van der Waals surface area contributed by atoms with Crippen LogP contribution in [-0.4, -0.2) is 50.2 Å². The monoisotopic (exact) mass is 590 g/mol. The molecule has 0 unspecified atom stereocenters. The number of carbonyl (C=O) groups is 1. The first-order valence-electron chi connectivity index (χ1n) is 12.7. The summed E-state index contributed by atoms with van der Waals surface area (Å²) in [5, 5.41) is 4.29. The van der Waals surface area contributed by atoms with Gasteiger partial charge in [-0.15, -0.1) is 17.5 Å². The fourth-order valence-corrected chi connectivity index (χ4v) is 4.81. The third-order valence-corrected chi connectivity index (χ3v) is 6.91. The van der Waals surface area contributed by atoms with Gasteiger partial charge in [-0.25, -0.2) is 14.2 Å².